The van der Waals surface area contributed by atoms with Gasteiger partial charge < -0.3 is 10.1 Å². The molecule has 2 amide bonds. The Morgan fingerprint density at radius 1 is 0.854 bits per heavy atom. The smallest absolute Gasteiger partial charge is 0.336 e. The van der Waals surface area contributed by atoms with Gasteiger partial charge in [0.05, 0.1) is 11.1 Å². The molecule has 4 aromatic rings. The third-order valence-electron chi connectivity index (χ3n) is 5.51. The summed E-state index contributed by atoms with van der Waals surface area (Å²) in [6, 6.07) is 25.2. The number of halogens is 1. The molecule has 4 rings (SSSR count). The molecule has 0 unspecified atom stereocenters. The van der Waals surface area contributed by atoms with Gasteiger partial charge in [0.2, 0.25) is 0 Å². The van der Waals surface area contributed by atoms with Crippen LogP contribution in [0.15, 0.2) is 108 Å². The second kappa shape index (κ2) is 13.5. The van der Waals surface area contributed by atoms with Crippen LogP contribution in [0, 0.1) is 10.1 Å². The van der Waals surface area contributed by atoms with Gasteiger partial charge in [-0.2, -0.15) is 5.10 Å². The Bertz CT molecular complexity index is 1640. The number of nitro benzene ring substituents is 1. The highest BCUT2D eigenvalue weighted by atomic mass is 35.5. The molecule has 0 saturated heterocycles. The van der Waals surface area contributed by atoms with Crippen LogP contribution >= 0.6 is 11.6 Å². The summed E-state index contributed by atoms with van der Waals surface area (Å²) in [4.78, 5) is 47.4. The van der Waals surface area contributed by atoms with Gasteiger partial charge in [0.1, 0.15) is 5.75 Å². The van der Waals surface area contributed by atoms with E-state index in [0.29, 0.717) is 33.0 Å². The highest BCUT2D eigenvalue weighted by molar-refractivity contribution is 6.31. The molecule has 41 heavy (non-hydrogen) atoms. The summed E-state index contributed by atoms with van der Waals surface area (Å²) < 4.78 is 5.37. The zero-order chi connectivity index (χ0) is 29.2. The number of non-ortho nitro benzene ring substituents is 1. The summed E-state index contributed by atoms with van der Waals surface area (Å²) in [6.45, 7) is 0. The second-order valence-electron chi connectivity index (χ2n) is 8.38. The first-order chi connectivity index (χ1) is 19.8. The number of esters is 1. The first-order valence-electron chi connectivity index (χ1n) is 12.0. The van der Waals surface area contributed by atoms with E-state index in [4.69, 9.17) is 16.3 Å². The number of nitro groups is 1. The molecule has 4 aromatic carbocycles. The lowest BCUT2D eigenvalue weighted by atomic mass is 10.1. The number of anilines is 1. The molecule has 0 aromatic heterocycles. The third kappa shape index (κ3) is 8.19. The minimum atomic E-state index is -0.705. The molecule has 0 heterocycles. The van der Waals surface area contributed by atoms with Crippen LogP contribution in [0.2, 0.25) is 5.02 Å². The quantitative estimate of drug-likeness (QED) is 0.0645. The SMILES string of the molecule is O=C(/C=C/c1ccc([N+](=O)[O-])cc1)Oc1ccc(Cl)cc1/C=N/NC(=O)c1ccc(NC(=O)c2ccccc2)cc1. The summed E-state index contributed by atoms with van der Waals surface area (Å²) in [5.41, 5.74) is 4.55. The number of carbonyl (C=O) groups is 3. The van der Waals surface area contributed by atoms with E-state index in [1.807, 2.05) is 6.07 Å². The number of nitrogens with one attached hydrogen (secondary N) is 2. The standard InChI is InChI=1S/C30H21ClN4O6/c31-24-11-16-27(41-28(36)17-8-20-6-14-26(15-7-20)35(39)40)23(18-24)19-32-34-30(38)22-9-12-25(13-10-22)33-29(37)21-4-2-1-3-5-21/h1-19H,(H,33,37)(H,34,38)/b17-8+,32-19+. The lowest BCUT2D eigenvalue weighted by molar-refractivity contribution is -0.384. The number of carbonyl (C=O) groups excluding carboxylic acids is 3. The monoisotopic (exact) mass is 568 g/mol. The average Bonchev–Trinajstić information content (AvgIpc) is 2.98. The van der Waals surface area contributed by atoms with Crippen LogP contribution in [-0.4, -0.2) is 28.9 Å². The second-order valence-corrected chi connectivity index (χ2v) is 8.82. The molecular formula is C30H21ClN4O6. The van der Waals surface area contributed by atoms with E-state index in [1.165, 1.54) is 73.0 Å². The van der Waals surface area contributed by atoms with E-state index in [0.717, 1.165) is 0 Å². The van der Waals surface area contributed by atoms with Crippen molar-refractivity contribution in [3.05, 3.63) is 141 Å². The topological polar surface area (TPSA) is 140 Å². The Hall–Kier alpha value is -5.61. The van der Waals surface area contributed by atoms with Gasteiger partial charge in [-0.05, 0) is 78.4 Å². The Morgan fingerprint density at radius 3 is 2.22 bits per heavy atom. The van der Waals surface area contributed by atoms with Crippen LogP contribution in [0.5, 0.6) is 5.75 Å². The third-order valence-corrected chi connectivity index (χ3v) is 5.74. The first-order valence-corrected chi connectivity index (χ1v) is 12.4. The van der Waals surface area contributed by atoms with Gasteiger partial charge >= 0.3 is 5.97 Å². The van der Waals surface area contributed by atoms with Gasteiger partial charge in [0, 0.05) is 45.6 Å². The summed E-state index contributed by atoms with van der Waals surface area (Å²) in [5.74, 6) is -1.34. The number of amides is 2. The van der Waals surface area contributed by atoms with Crippen molar-refractivity contribution >= 4 is 53.0 Å². The summed E-state index contributed by atoms with van der Waals surface area (Å²) in [5, 5.41) is 17.8. The normalized spacial score (nSPS) is 10.9. The largest absolute Gasteiger partial charge is 0.423 e. The van der Waals surface area contributed by atoms with Crippen LogP contribution in [-0.2, 0) is 4.79 Å². The Kier molecular flexibility index (Phi) is 9.32. The molecule has 11 heteroatoms. The fourth-order valence-corrected chi connectivity index (χ4v) is 3.63. The van der Waals surface area contributed by atoms with Crippen molar-refractivity contribution in [1.29, 1.82) is 0 Å². The molecule has 0 saturated carbocycles. The molecule has 204 valence electrons. The highest BCUT2D eigenvalue weighted by Crippen LogP contribution is 2.22. The van der Waals surface area contributed by atoms with Crippen molar-refractivity contribution in [1.82, 2.24) is 5.43 Å². The number of hydrogen-bond donors (Lipinski definition) is 2. The Balaban J connectivity index is 1.35. The van der Waals surface area contributed by atoms with Crippen LogP contribution in [0.1, 0.15) is 31.8 Å². The van der Waals surface area contributed by atoms with Gasteiger partial charge in [-0.3, -0.25) is 19.7 Å². The molecule has 0 aliphatic rings. The molecular weight excluding hydrogens is 548 g/mol. The van der Waals surface area contributed by atoms with Crippen molar-refractivity contribution in [3.8, 4) is 5.75 Å². The Morgan fingerprint density at radius 2 is 1.54 bits per heavy atom. The molecule has 0 fully saturated rings. The van der Waals surface area contributed by atoms with E-state index >= 15 is 0 Å². The van der Waals surface area contributed by atoms with Gasteiger partial charge in [-0.1, -0.05) is 29.8 Å². The first kappa shape index (κ1) is 28.4. The zero-order valence-corrected chi connectivity index (χ0v) is 21.9. The van der Waals surface area contributed by atoms with Gasteiger partial charge in [-0.15, -0.1) is 0 Å². The number of ether oxygens (including phenoxy) is 1. The zero-order valence-electron chi connectivity index (χ0n) is 21.2. The molecule has 2 N–H and O–H groups in total. The van der Waals surface area contributed by atoms with Crippen molar-refractivity contribution < 1.29 is 24.0 Å². The molecule has 0 radical (unpaired) electrons. The van der Waals surface area contributed by atoms with Crippen molar-refractivity contribution in [2.45, 2.75) is 0 Å². The lowest BCUT2D eigenvalue weighted by Crippen LogP contribution is -2.18. The summed E-state index contributed by atoms with van der Waals surface area (Å²) >= 11 is 6.08. The van der Waals surface area contributed by atoms with E-state index in [9.17, 15) is 24.5 Å². The van der Waals surface area contributed by atoms with E-state index in [2.05, 4.69) is 15.8 Å². The fraction of sp³-hybridized carbons (Fsp3) is 0. The maximum Gasteiger partial charge on any atom is 0.336 e. The number of hydrazone groups is 1. The molecule has 0 bridgehead atoms. The van der Waals surface area contributed by atoms with Crippen LogP contribution in [0.4, 0.5) is 11.4 Å². The van der Waals surface area contributed by atoms with Gasteiger partial charge in [0.25, 0.3) is 17.5 Å². The minimum absolute atomic E-state index is 0.0636. The van der Waals surface area contributed by atoms with E-state index in [-0.39, 0.29) is 17.3 Å². The van der Waals surface area contributed by atoms with Crippen molar-refractivity contribution in [2.24, 2.45) is 5.10 Å². The molecule has 0 atom stereocenters. The van der Waals surface area contributed by atoms with E-state index in [1.54, 1.807) is 36.4 Å². The predicted octanol–water partition coefficient (Wildman–Crippen LogP) is 5.88. The van der Waals surface area contributed by atoms with Gasteiger partial charge in [-0.25, -0.2) is 10.2 Å². The minimum Gasteiger partial charge on any atom is -0.423 e. The predicted molar refractivity (Wildman–Crippen MR) is 155 cm³/mol. The maximum absolute atomic E-state index is 12.5. The van der Waals surface area contributed by atoms with Crippen molar-refractivity contribution in [3.63, 3.8) is 0 Å². The van der Waals surface area contributed by atoms with Gasteiger partial charge in [0.15, 0.2) is 0 Å². The van der Waals surface area contributed by atoms with Crippen molar-refractivity contribution in [2.75, 3.05) is 5.32 Å². The lowest BCUT2D eigenvalue weighted by Gasteiger charge is -2.07. The molecule has 0 aliphatic carbocycles. The fourth-order valence-electron chi connectivity index (χ4n) is 3.45. The maximum atomic E-state index is 12.5. The number of rotatable bonds is 9. The number of hydrogen-bond acceptors (Lipinski definition) is 7. The Labute approximate surface area is 239 Å². The summed E-state index contributed by atoms with van der Waals surface area (Å²) in [6.07, 6.45) is 3.90. The molecule has 10 nitrogen and oxygen atoms in total. The average molecular weight is 569 g/mol. The van der Waals surface area contributed by atoms with Crippen LogP contribution in [0.25, 0.3) is 6.08 Å². The van der Waals surface area contributed by atoms with Crippen LogP contribution in [0.3, 0.4) is 0 Å². The summed E-state index contributed by atoms with van der Waals surface area (Å²) in [7, 11) is 0. The van der Waals surface area contributed by atoms with Crippen LogP contribution < -0.4 is 15.5 Å². The molecule has 0 spiro atoms. The number of nitrogens with zero attached hydrogens (tertiary/aromatic N) is 2. The molecule has 0 aliphatic heterocycles. The number of benzene rings is 4. The van der Waals surface area contributed by atoms with E-state index < -0.39 is 16.8 Å². The highest BCUT2D eigenvalue weighted by Gasteiger charge is 2.10.